The van der Waals surface area contributed by atoms with E-state index in [0.29, 0.717) is 5.56 Å². The van der Waals surface area contributed by atoms with Gasteiger partial charge < -0.3 is 19.9 Å². The predicted molar refractivity (Wildman–Crippen MR) is 142 cm³/mol. The molecule has 0 saturated carbocycles. The Labute approximate surface area is 215 Å². The van der Waals surface area contributed by atoms with Gasteiger partial charge >= 0.3 is 5.97 Å². The summed E-state index contributed by atoms with van der Waals surface area (Å²) in [5, 5.41) is 14.0. The van der Waals surface area contributed by atoms with E-state index >= 15 is 0 Å². The van der Waals surface area contributed by atoms with Gasteiger partial charge in [-0.2, -0.15) is 5.10 Å². The molecule has 0 bridgehead atoms. The first-order valence-electron chi connectivity index (χ1n) is 12.2. The standard InChI is InChI=1S/C28H28N6O3/c1-37-26(35)19-30-28(36)21-11-12-25(29-18-21)33-13-15-34(16-14-33)27-23-10-6-5-9-22(23)24(31-32-27)17-20-7-3-2-4-8-20/h2-12,18H,13-17,19H2,1H3,(H,30,36). The quantitative estimate of drug-likeness (QED) is 0.390. The van der Waals surface area contributed by atoms with Crippen molar-refractivity contribution in [1.82, 2.24) is 20.5 Å². The molecule has 2 aromatic heterocycles. The molecule has 1 fully saturated rings. The number of hydrogen-bond acceptors (Lipinski definition) is 8. The Hall–Kier alpha value is -4.53. The SMILES string of the molecule is COC(=O)CNC(=O)c1ccc(N2CCN(c3nnc(Cc4ccccc4)c4ccccc34)CC2)nc1. The average molecular weight is 497 g/mol. The second-order valence-corrected chi connectivity index (χ2v) is 8.82. The summed E-state index contributed by atoms with van der Waals surface area (Å²) in [6.45, 7) is 2.91. The zero-order chi connectivity index (χ0) is 25.6. The molecule has 5 rings (SSSR count). The van der Waals surface area contributed by atoms with Crippen LogP contribution in [0, 0.1) is 0 Å². The van der Waals surface area contributed by atoms with Crippen molar-refractivity contribution in [3.63, 3.8) is 0 Å². The Morgan fingerprint density at radius 3 is 2.27 bits per heavy atom. The molecule has 0 unspecified atom stereocenters. The van der Waals surface area contributed by atoms with E-state index in [9.17, 15) is 9.59 Å². The van der Waals surface area contributed by atoms with Gasteiger partial charge in [-0.05, 0) is 17.7 Å². The van der Waals surface area contributed by atoms with Crippen LogP contribution in [0.25, 0.3) is 10.8 Å². The van der Waals surface area contributed by atoms with E-state index in [1.165, 1.54) is 18.9 Å². The Morgan fingerprint density at radius 2 is 1.57 bits per heavy atom. The number of anilines is 2. The summed E-state index contributed by atoms with van der Waals surface area (Å²) in [6.07, 6.45) is 2.27. The number of hydrogen-bond donors (Lipinski definition) is 1. The van der Waals surface area contributed by atoms with E-state index in [1.54, 1.807) is 6.07 Å². The smallest absolute Gasteiger partial charge is 0.325 e. The van der Waals surface area contributed by atoms with Crippen molar-refractivity contribution < 1.29 is 14.3 Å². The molecule has 0 spiro atoms. The first-order chi connectivity index (χ1) is 18.1. The molecule has 9 nitrogen and oxygen atoms in total. The molecular weight excluding hydrogens is 468 g/mol. The van der Waals surface area contributed by atoms with Crippen molar-refractivity contribution in [2.45, 2.75) is 6.42 Å². The maximum Gasteiger partial charge on any atom is 0.325 e. The van der Waals surface area contributed by atoms with Crippen molar-refractivity contribution in [2.75, 3.05) is 49.6 Å². The van der Waals surface area contributed by atoms with Crippen molar-refractivity contribution in [3.8, 4) is 0 Å². The highest BCUT2D eigenvalue weighted by Gasteiger charge is 2.22. The Balaban J connectivity index is 1.25. The molecule has 0 radical (unpaired) electrons. The van der Waals surface area contributed by atoms with Gasteiger partial charge in [-0.1, -0.05) is 54.6 Å². The lowest BCUT2D eigenvalue weighted by atomic mass is 10.0. The lowest BCUT2D eigenvalue weighted by molar-refractivity contribution is -0.139. The first-order valence-corrected chi connectivity index (χ1v) is 12.2. The third-order valence-electron chi connectivity index (χ3n) is 6.49. The number of methoxy groups -OCH3 is 1. The van der Waals surface area contributed by atoms with Gasteiger partial charge in [0.25, 0.3) is 5.91 Å². The van der Waals surface area contributed by atoms with E-state index in [0.717, 1.165) is 60.7 Å². The molecule has 37 heavy (non-hydrogen) atoms. The van der Waals surface area contributed by atoms with Crippen LogP contribution >= 0.6 is 0 Å². The molecule has 1 saturated heterocycles. The molecule has 0 atom stereocenters. The zero-order valence-corrected chi connectivity index (χ0v) is 20.6. The maximum absolute atomic E-state index is 12.2. The summed E-state index contributed by atoms with van der Waals surface area (Å²) in [4.78, 5) is 32.4. The minimum absolute atomic E-state index is 0.177. The van der Waals surface area contributed by atoms with Crippen LogP contribution in [-0.4, -0.2) is 66.9 Å². The number of pyridine rings is 1. The van der Waals surface area contributed by atoms with Gasteiger partial charge in [-0.3, -0.25) is 9.59 Å². The van der Waals surface area contributed by atoms with Crippen LogP contribution in [0.2, 0.25) is 0 Å². The summed E-state index contributed by atoms with van der Waals surface area (Å²) in [5.74, 6) is 0.838. The number of piperazine rings is 1. The van der Waals surface area contributed by atoms with Gasteiger partial charge in [0.05, 0.1) is 18.4 Å². The van der Waals surface area contributed by atoms with Crippen molar-refractivity contribution in [1.29, 1.82) is 0 Å². The number of carbonyl (C=O) groups excluding carboxylic acids is 2. The second kappa shape index (κ2) is 11.0. The van der Waals surface area contributed by atoms with Gasteiger partial charge in [-0.15, -0.1) is 5.10 Å². The number of nitrogens with one attached hydrogen (secondary N) is 1. The number of ether oxygens (including phenoxy) is 1. The summed E-state index contributed by atoms with van der Waals surface area (Å²) in [5.41, 5.74) is 2.58. The van der Waals surface area contributed by atoms with E-state index < -0.39 is 5.97 Å². The molecule has 3 heterocycles. The summed E-state index contributed by atoms with van der Waals surface area (Å²) < 4.78 is 4.54. The van der Waals surface area contributed by atoms with Crippen LogP contribution in [0.15, 0.2) is 72.9 Å². The number of fused-ring (bicyclic) bond motifs is 1. The van der Waals surface area contributed by atoms with Crippen molar-refractivity contribution >= 4 is 34.3 Å². The van der Waals surface area contributed by atoms with Crippen molar-refractivity contribution in [3.05, 3.63) is 89.7 Å². The van der Waals surface area contributed by atoms with Gasteiger partial charge in [0, 0.05) is 49.6 Å². The lowest BCUT2D eigenvalue weighted by Gasteiger charge is -2.36. The Kier molecular flexibility index (Phi) is 7.21. The Morgan fingerprint density at radius 1 is 0.865 bits per heavy atom. The fourth-order valence-electron chi connectivity index (χ4n) is 4.48. The van der Waals surface area contributed by atoms with Crippen LogP contribution in [0.5, 0.6) is 0 Å². The normalized spacial score (nSPS) is 13.4. The number of esters is 1. The first kappa shape index (κ1) is 24.2. The lowest BCUT2D eigenvalue weighted by Crippen LogP contribution is -2.47. The highest BCUT2D eigenvalue weighted by molar-refractivity contribution is 5.96. The molecule has 4 aromatic rings. The summed E-state index contributed by atoms with van der Waals surface area (Å²) >= 11 is 0. The molecule has 0 aliphatic carbocycles. The minimum atomic E-state index is -0.501. The summed E-state index contributed by atoms with van der Waals surface area (Å²) in [7, 11) is 1.28. The molecule has 1 aliphatic rings. The van der Waals surface area contributed by atoms with E-state index in [4.69, 9.17) is 0 Å². The van der Waals surface area contributed by atoms with Crippen LogP contribution in [0.4, 0.5) is 11.6 Å². The number of rotatable bonds is 7. The maximum atomic E-state index is 12.2. The van der Waals surface area contributed by atoms with Gasteiger partial charge in [0.2, 0.25) is 0 Å². The van der Waals surface area contributed by atoms with Crippen LogP contribution in [0.3, 0.4) is 0 Å². The monoisotopic (exact) mass is 496 g/mol. The molecule has 1 aliphatic heterocycles. The van der Waals surface area contributed by atoms with Crippen LogP contribution < -0.4 is 15.1 Å². The average Bonchev–Trinajstić information content (AvgIpc) is 2.96. The minimum Gasteiger partial charge on any atom is -0.468 e. The summed E-state index contributed by atoms with van der Waals surface area (Å²) in [6, 6.07) is 22.2. The van der Waals surface area contributed by atoms with E-state index in [-0.39, 0.29) is 12.5 Å². The fourth-order valence-corrected chi connectivity index (χ4v) is 4.48. The number of aromatic nitrogens is 3. The van der Waals surface area contributed by atoms with Crippen LogP contribution in [0.1, 0.15) is 21.6 Å². The second-order valence-electron chi connectivity index (χ2n) is 8.82. The van der Waals surface area contributed by atoms with Gasteiger partial charge in [0.15, 0.2) is 5.82 Å². The molecular formula is C28H28N6O3. The predicted octanol–water partition coefficient (Wildman–Crippen LogP) is 2.85. The zero-order valence-electron chi connectivity index (χ0n) is 20.6. The molecule has 1 amide bonds. The fraction of sp³-hybridized carbons (Fsp3) is 0.250. The molecule has 188 valence electrons. The largest absolute Gasteiger partial charge is 0.468 e. The highest BCUT2D eigenvalue weighted by Crippen LogP contribution is 2.28. The molecule has 1 N–H and O–H groups in total. The molecule has 2 aromatic carbocycles. The number of nitrogens with zero attached hydrogens (tertiary/aromatic N) is 5. The number of benzene rings is 2. The Bertz CT molecular complexity index is 1390. The van der Waals surface area contributed by atoms with Gasteiger partial charge in [-0.25, -0.2) is 4.98 Å². The van der Waals surface area contributed by atoms with E-state index in [1.807, 2.05) is 36.4 Å². The highest BCUT2D eigenvalue weighted by atomic mass is 16.5. The van der Waals surface area contributed by atoms with Crippen molar-refractivity contribution in [2.24, 2.45) is 0 Å². The number of amides is 1. The number of carbonyl (C=O) groups is 2. The third-order valence-corrected chi connectivity index (χ3v) is 6.49. The van der Waals surface area contributed by atoms with Gasteiger partial charge in [0.1, 0.15) is 12.4 Å². The topological polar surface area (TPSA) is 101 Å². The van der Waals surface area contributed by atoms with E-state index in [2.05, 4.69) is 59.3 Å². The van der Waals surface area contributed by atoms with Crippen LogP contribution in [-0.2, 0) is 16.0 Å². The molecule has 9 heteroatoms. The third kappa shape index (κ3) is 5.50.